The zero-order valence-corrected chi connectivity index (χ0v) is 13.2. The van der Waals surface area contributed by atoms with E-state index in [1.54, 1.807) is 6.07 Å². The Morgan fingerprint density at radius 3 is 2.45 bits per heavy atom. The second-order valence-corrected chi connectivity index (χ2v) is 6.65. The highest BCUT2D eigenvalue weighted by Gasteiger charge is 2.36. The maximum Gasteiger partial charge on any atom is 0.348 e. The number of piperazine rings is 1. The highest BCUT2D eigenvalue weighted by Crippen LogP contribution is 2.29. The average Bonchev–Trinajstić information content (AvgIpc) is 3.00. The molecule has 0 unspecified atom stereocenters. The minimum Gasteiger partial charge on any atom is -0.465 e. The Morgan fingerprint density at radius 2 is 1.86 bits per heavy atom. The molecule has 1 saturated heterocycles. The molecular weight excluding hydrogens is 304 g/mol. The first-order chi connectivity index (χ1) is 10.6. The summed E-state index contributed by atoms with van der Waals surface area (Å²) in [6.07, 6.45) is 0.818. The summed E-state index contributed by atoms with van der Waals surface area (Å²) in [6, 6.07) is 3.68. The molecule has 2 heterocycles. The van der Waals surface area contributed by atoms with Crippen molar-refractivity contribution in [2.45, 2.75) is 12.8 Å². The van der Waals surface area contributed by atoms with Crippen molar-refractivity contribution in [3.05, 3.63) is 17.0 Å². The van der Waals surface area contributed by atoms with Crippen LogP contribution in [-0.4, -0.2) is 55.8 Å². The largest absolute Gasteiger partial charge is 0.465 e. The summed E-state index contributed by atoms with van der Waals surface area (Å²) < 4.78 is 4.71. The van der Waals surface area contributed by atoms with Gasteiger partial charge in [0.25, 0.3) is 0 Å². The fourth-order valence-electron chi connectivity index (χ4n) is 2.78. The molecule has 0 N–H and O–H groups in total. The maximum absolute atomic E-state index is 12.2. The van der Waals surface area contributed by atoms with E-state index in [1.165, 1.54) is 18.4 Å². The van der Waals surface area contributed by atoms with Crippen LogP contribution in [0.1, 0.15) is 22.5 Å². The van der Waals surface area contributed by atoms with Crippen LogP contribution < -0.4 is 4.90 Å². The van der Waals surface area contributed by atoms with Gasteiger partial charge in [-0.05, 0) is 12.1 Å². The van der Waals surface area contributed by atoms with Gasteiger partial charge < -0.3 is 14.5 Å². The Hall–Kier alpha value is -1.89. The number of carbonyl (C=O) groups is 3. The second-order valence-electron chi connectivity index (χ2n) is 5.59. The molecule has 2 fully saturated rings. The third-order valence-electron chi connectivity index (χ3n) is 4.18. The van der Waals surface area contributed by atoms with E-state index in [9.17, 15) is 14.4 Å². The number of ketones is 1. The van der Waals surface area contributed by atoms with Crippen LogP contribution in [-0.2, 0) is 14.3 Å². The molecule has 1 amide bonds. The normalized spacial score (nSPS) is 19.0. The lowest BCUT2D eigenvalue weighted by atomic mass is 9.83. The van der Waals surface area contributed by atoms with Crippen LogP contribution in [0.4, 0.5) is 5.00 Å². The Balaban J connectivity index is 1.55. The fourth-order valence-corrected chi connectivity index (χ4v) is 3.75. The second kappa shape index (κ2) is 6.08. The minimum absolute atomic E-state index is 0.0910. The summed E-state index contributed by atoms with van der Waals surface area (Å²) in [5, 5.41) is 1.02. The molecule has 0 atom stereocenters. The first-order valence-electron chi connectivity index (χ1n) is 7.32. The van der Waals surface area contributed by atoms with E-state index in [-0.39, 0.29) is 23.6 Å². The molecule has 0 radical (unpaired) electrons. The SMILES string of the molecule is COC(=O)c1ccc(N2CCN(C(=O)C3CC(=O)C3)CC2)s1. The van der Waals surface area contributed by atoms with Crippen LogP contribution in [0.25, 0.3) is 0 Å². The summed E-state index contributed by atoms with van der Waals surface area (Å²) in [6.45, 7) is 2.81. The molecule has 22 heavy (non-hydrogen) atoms. The molecule has 0 aromatic carbocycles. The highest BCUT2D eigenvalue weighted by atomic mass is 32.1. The number of thiophene rings is 1. The molecule has 2 aliphatic rings. The van der Waals surface area contributed by atoms with Gasteiger partial charge >= 0.3 is 5.97 Å². The van der Waals surface area contributed by atoms with Crippen LogP contribution in [0.5, 0.6) is 0 Å². The lowest BCUT2D eigenvalue weighted by molar-refractivity contribution is -0.145. The van der Waals surface area contributed by atoms with Gasteiger partial charge in [0.15, 0.2) is 0 Å². The monoisotopic (exact) mass is 322 g/mol. The van der Waals surface area contributed by atoms with Gasteiger partial charge in [0.2, 0.25) is 5.91 Å². The van der Waals surface area contributed by atoms with Crippen LogP contribution in [0.2, 0.25) is 0 Å². The molecule has 6 nitrogen and oxygen atoms in total. The highest BCUT2D eigenvalue weighted by molar-refractivity contribution is 7.17. The Morgan fingerprint density at radius 1 is 1.18 bits per heavy atom. The lowest BCUT2D eigenvalue weighted by Crippen LogP contribution is -2.52. The molecule has 1 aromatic rings. The van der Waals surface area contributed by atoms with Crippen molar-refractivity contribution in [1.82, 2.24) is 4.90 Å². The van der Waals surface area contributed by atoms with Gasteiger partial charge in [-0.25, -0.2) is 4.79 Å². The fraction of sp³-hybridized carbons (Fsp3) is 0.533. The summed E-state index contributed by atoms with van der Waals surface area (Å²) in [5.41, 5.74) is 0. The standard InChI is InChI=1S/C15H18N2O4S/c1-21-15(20)12-2-3-13(22-12)16-4-6-17(7-5-16)14(19)10-8-11(18)9-10/h2-3,10H,4-9H2,1H3. The smallest absolute Gasteiger partial charge is 0.348 e. The van der Waals surface area contributed by atoms with E-state index in [4.69, 9.17) is 4.74 Å². The van der Waals surface area contributed by atoms with Crippen molar-refractivity contribution < 1.29 is 19.1 Å². The zero-order chi connectivity index (χ0) is 15.7. The number of methoxy groups -OCH3 is 1. The number of hydrogen-bond acceptors (Lipinski definition) is 6. The van der Waals surface area contributed by atoms with E-state index >= 15 is 0 Å². The summed E-state index contributed by atoms with van der Waals surface area (Å²) in [7, 11) is 1.37. The molecule has 1 aliphatic carbocycles. The Labute approximate surface area is 132 Å². The van der Waals surface area contributed by atoms with Gasteiger partial charge in [-0.15, -0.1) is 11.3 Å². The molecule has 3 rings (SSSR count). The van der Waals surface area contributed by atoms with Gasteiger partial charge in [0.1, 0.15) is 10.7 Å². The number of nitrogens with zero attached hydrogens (tertiary/aromatic N) is 2. The van der Waals surface area contributed by atoms with Crippen molar-refractivity contribution in [2.75, 3.05) is 38.2 Å². The summed E-state index contributed by atoms with van der Waals surface area (Å²) in [4.78, 5) is 39.3. The van der Waals surface area contributed by atoms with Crippen LogP contribution in [0, 0.1) is 5.92 Å². The van der Waals surface area contributed by atoms with E-state index < -0.39 is 0 Å². The van der Waals surface area contributed by atoms with E-state index in [0.29, 0.717) is 30.8 Å². The van der Waals surface area contributed by atoms with E-state index in [0.717, 1.165) is 18.1 Å². The number of ether oxygens (including phenoxy) is 1. The number of Topliss-reactive ketones (excluding diaryl/α,β-unsaturated/α-hetero) is 1. The van der Waals surface area contributed by atoms with Crippen LogP contribution >= 0.6 is 11.3 Å². The van der Waals surface area contributed by atoms with Crippen LogP contribution in [0.15, 0.2) is 12.1 Å². The van der Waals surface area contributed by atoms with Crippen molar-refractivity contribution >= 4 is 34.0 Å². The number of anilines is 1. The molecule has 1 aliphatic heterocycles. The van der Waals surface area contributed by atoms with Gasteiger partial charge in [-0.3, -0.25) is 9.59 Å². The van der Waals surface area contributed by atoms with Gasteiger partial charge in [0.05, 0.1) is 18.0 Å². The van der Waals surface area contributed by atoms with Crippen molar-refractivity contribution in [3.8, 4) is 0 Å². The van der Waals surface area contributed by atoms with Crippen molar-refractivity contribution in [2.24, 2.45) is 5.92 Å². The Kier molecular flexibility index (Phi) is 4.15. The first kappa shape index (κ1) is 15.0. The predicted molar refractivity (Wildman–Crippen MR) is 82.2 cm³/mol. The molecule has 118 valence electrons. The Bertz CT molecular complexity index is 596. The molecule has 0 bridgehead atoms. The molecule has 1 saturated carbocycles. The summed E-state index contributed by atoms with van der Waals surface area (Å²) >= 11 is 1.41. The van der Waals surface area contributed by atoms with Gasteiger partial charge in [-0.2, -0.15) is 0 Å². The first-order valence-corrected chi connectivity index (χ1v) is 8.13. The molecule has 0 spiro atoms. The van der Waals surface area contributed by atoms with E-state index in [2.05, 4.69) is 4.90 Å². The molecular formula is C15H18N2O4S. The van der Waals surface area contributed by atoms with Gasteiger partial charge in [-0.1, -0.05) is 0 Å². The van der Waals surface area contributed by atoms with Crippen LogP contribution in [0.3, 0.4) is 0 Å². The number of amides is 1. The number of esters is 1. The topological polar surface area (TPSA) is 66.9 Å². The zero-order valence-electron chi connectivity index (χ0n) is 12.4. The average molecular weight is 322 g/mol. The minimum atomic E-state index is -0.320. The molecule has 1 aromatic heterocycles. The quantitative estimate of drug-likeness (QED) is 0.781. The lowest BCUT2D eigenvalue weighted by Gasteiger charge is -2.38. The number of rotatable bonds is 3. The van der Waals surface area contributed by atoms with Crippen molar-refractivity contribution in [3.63, 3.8) is 0 Å². The number of hydrogen-bond donors (Lipinski definition) is 0. The van der Waals surface area contributed by atoms with Crippen molar-refractivity contribution in [1.29, 1.82) is 0 Å². The number of carbonyl (C=O) groups excluding carboxylic acids is 3. The van der Waals surface area contributed by atoms with E-state index in [1.807, 2.05) is 11.0 Å². The third-order valence-corrected chi connectivity index (χ3v) is 5.30. The predicted octanol–water partition coefficient (Wildman–Crippen LogP) is 1.16. The molecule has 7 heteroatoms. The third kappa shape index (κ3) is 2.85. The summed E-state index contributed by atoms with van der Waals surface area (Å²) in [5.74, 6) is -0.113. The maximum atomic E-state index is 12.2. The van der Waals surface area contributed by atoms with Gasteiger partial charge in [0, 0.05) is 39.0 Å².